The zero-order valence-corrected chi connectivity index (χ0v) is 20.3. The topological polar surface area (TPSA) is 91.3 Å². The number of hydrogen-bond acceptors (Lipinski definition) is 7. The van der Waals surface area contributed by atoms with Gasteiger partial charge in [-0.15, -0.1) is 0 Å². The third kappa shape index (κ3) is 9.75. The molecule has 2 aliphatic rings. The van der Waals surface area contributed by atoms with Crippen LogP contribution >= 0.6 is 0 Å². The largest absolute Gasteiger partial charge is 0.463 e. The van der Waals surface area contributed by atoms with Crippen molar-refractivity contribution in [2.24, 2.45) is 11.8 Å². The second-order valence-electron chi connectivity index (χ2n) is 9.56. The summed E-state index contributed by atoms with van der Waals surface area (Å²) < 4.78 is 22.7. The zero-order valence-electron chi connectivity index (χ0n) is 20.3. The van der Waals surface area contributed by atoms with E-state index >= 15 is 0 Å². The molecule has 1 saturated carbocycles. The molecular weight excluding hydrogens is 412 g/mol. The van der Waals surface area contributed by atoms with Gasteiger partial charge in [0.05, 0.1) is 12.2 Å². The Labute approximate surface area is 193 Å². The minimum Gasteiger partial charge on any atom is -0.463 e. The summed E-state index contributed by atoms with van der Waals surface area (Å²) in [6.45, 7) is 5.94. The van der Waals surface area contributed by atoms with Crippen molar-refractivity contribution in [2.75, 3.05) is 13.2 Å². The van der Waals surface area contributed by atoms with Crippen molar-refractivity contribution in [3.8, 4) is 0 Å². The first-order chi connectivity index (χ1) is 15.4. The van der Waals surface area contributed by atoms with E-state index < -0.39 is 0 Å². The molecule has 2 unspecified atom stereocenters. The van der Waals surface area contributed by atoms with Crippen molar-refractivity contribution in [3.63, 3.8) is 0 Å². The van der Waals surface area contributed by atoms with E-state index in [9.17, 15) is 14.7 Å². The molecule has 0 spiro atoms. The van der Waals surface area contributed by atoms with Gasteiger partial charge in [-0.25, -0.2) is 0 Å². The van der Waals surface area contributed by atoms with Crippen LogP contribution in [-0.4, -0.2) is 54.9 Å². The maximum atomic E-state index is 11.6. The highest BCUT2D eigenvalue weighted by Gasteiger charge is 2.45. The average Bonchev–Trinajstić information content (AvgIpc) is 3.05. The molecular formula is C25H44O7. The molecule has 2 fully saturated rings. The number of ether oxygens (including phenoxy) is 4. The van der Waals surface area contributed by atoms with Gasteiger partial charge in [0, 0.05) is 44.8 Å². The Balaban J connectivity index is 1.71. The molecule has 0 aromatic heterocycles. The van der Waals surface area contributed by atoms with Crippen LogP contribution in [0.2, 0.25) is 0 Å². The molecule has 32 heavy (non-hydrogen) atoms. The van der Waals surface area contributed by atoms with Gasteiger partial charge in [0.2, 0.25) is 0 Å². The van der Waals surface area contributed by atoms with Gasteiger partial charge in [-0.05, 0) is 46.0 Å². The van der Waals surface area contributed by atoms with Crippen LogP contribution < -0.4 is 0 Å². The molecule has 186 valence electrons. The van der Waals surface area contributed by atoms with E-state index in [1.807, 2.05) is 13.8 Å². The van der Waals surface area contributed by atoms with Crippen LogP contribution in [0.3, 0.4) is 0 Å². The number of rotatable bonds is 14. The molecule has 0 amide bonds. The van der Waals surface area contributed by atoms with Crippen molar-refractivity contribution in [1.82, 2.24) is 0 Å². The quantitative estimate of drug-likeness (QED) is 0.303. The second kappa shape index (κ2) is 14.9. The summed E-state index contributed by atoms with van der Waals surface area (Å²) in [7, 11) is 0. The molecule has 2 rings (SSSR count). The molecule has 1 N–H and O–H groups in total. The normalized spacial score (nSPS) is 28.1. The SMILES string of the molecule is CC(=O)O[C@@H]1C[C@@H](OC2CCCCO2)[C@@H](CO)C1CCCCCCCCC(=O)OC(C)C. The lowest BCUT2D eigenvalue weighted by atomic mass is 9.89. The number of aliphatic hydroxyl groups is 1. The average molecular weight is 457 g/mol. The Kier molecular flexibility index (Phi) is 12.6. The van der Waals surface area contributed by atoms with E-state index in [1.54, 1.807) is 0 Å². The van der Waals surface area contributed by atoms with Crippen molar-refractivity contribution in [2.45, 2.75) is 122 Å². The molecule has 7 nitrogen and oxygen atoms in total. The lowest BCUT2D eigenvalue weighted by Crippen LogP contribution is -2.33. The Hall–Kier alpha value is -1.18. The van der Waals surface area contributed by atoms with E-state index in [0.717, 1.165) is 70.8 Å². The van der Waals surface area contributed by atoms with Crippen LogP contribution in [0.25, 0.3) is 0 Å². The van der Waals surface area contributed by atoms with Crippen molar-refractivity contribution in [1.29, 1.82) is 0 Å². The van der Waals surface area contributed by atoms with Gasteiger partial charge in [0.25, 0.3) is 0 Å². The molecule has 0 bridgehead atoms. The minimum absolute atomic E-state index is 0.0307. The van der Waals surface area contributed by atoms with E-state index in [2.05, 4.69) is 0 Å². The van der Waals surface area contributed by atoms with Crippen LogP contribution in [0.4, 0.5) is 0 Å². The minimum atomic E-state index is -0.276. The van der Waals surface area contributed by atoms with Gasteiger partial charge in [-0.1, -0.05) is 32.1 Å². The fourth-order valence-electron chi connectivity index (χ4n) is 4.98. The second-order valence-corrected chi connectivity index (χ2v) is 9.56. The molecule has 0 aromatic rings. The number of unbranched alkanes of at least 4 members (excludes halogenated alkanes) is 5. The standard InChI is InChI=1S/C25H44O7/c1-18(2)30-24(28)13-9-7-5-4-6-8-12-20-21(17-26)23(16-22(20)31-19(3)27)32-25-14-10-11-15-29-25/h18,20-23,25-26H,4-17H2,1-3H3/t20?,21-,22+,23+,25?/m0/s1. The maximum Gasteiger partial charge on any atom is 0.306 e. The summed E-state index contributed by atoms with van der Waals surface area (Å²) in [5, 5.41) is 10.1. The van der Waals surface area contributed by atoms with Crippen LogP contribution in [0.15, 0.2) is 0 Å². The Morgan fingerprint density at radius 1 is 1.00 bits per heavy atom. The summed E-state index contributed by atoms with van der Waals surface area (Å²) in [5.41, 5.74) is 0. The summed E-state index contributed by atoms with van der Waals surface area (Å²) in [6.07, 6.45) is 10.7. The first-order valence-electron chi connectivity index (χ1n) is 12.6. The Bertz CT molecular complexity index is 544. The van der Waals surface area contributed by atoms with E-state index in [-0.39, 0.29) is 55.0 Å². The smallest absolute Gasteiger partial charge is 0.306 e. The molecule has 1 aliphatic heterocycles. The van der Waals surface area contributed by atoms with Crippen LogP contribution in [-0.2, 0) is 28.5 Å². The first kappa shape index (κ1) is 27.1. The molecule has 1 aliphatic carbocycles. The third-order valence-electron chi connectivity index (χ3n) is 6.50. The van der Waals surface area contributed by atoms with Crippen molar-refractivity contribution >= 4 is 11.9 Å². The summed E-state index contributed by atoms with van der Waals surface area (Å²) in [5.74, 6) is -0.300. The molecule has 1 heterocycles. The van der Waals surface area contributed by atoms with Crippen LogP contribution in [0.1, 0.15) is 97.8 Å². The molecule has 0 radical (unpaired) electrons. The Morgan fingerprint density at radius 3 is 2.34 bits per heavy atom. The number of carbonyl (C=O) groups excluding carboxylic acids is 2. The first-order valence-corrected chi connectivity index (χ1v) is 12.6. The number of esters is 2. The van der Waals surface area contributed by atoms with E-state index in [4.69, 9.17) is 18.9 Å². The highest BCUT2D eigenvalue weighted by Crippen LogP contribution is 2.40. The van der Waals surface area contributed by atoms with Gasteiger partial charge in [-0.2, -0.15) is 0 Å². The Morgan fingerprint density at radius 2 is 1.72 bits per heavy atom. The maximum absolute atomic E-state index is 11.6. The monoisotopic (exact) mass is 456 g/mol. The van der Waals surface area contributed by atoms with Crippen LogP contribution in [0, 0.1) is 11.8 Å². The lowest BCUT2D eigenvalue weighted by Gasteiger charge is -2.29. The molecule has 7 heteroatoms. The third-order valence-corrected chi connectivity index (χ3v) is 6.50. The van der Waals surface area contributed by atoms with Gasteiger partial charge >= 0.3 is 11.9 Å². The molecule has 1 saturated heterocycles. The van der Waals surface area contributed by atoms with Gasteiger partial charge in [-0.3, -0.25) is 9.59 Å². The summed E-state index contributed by atoms with van der Waals surface area (Å²) in [4.78, 5) is 23.2. The lowest BCUT2D eigenvalue weighted by molar-refractivity contribution is -0.198. The molecule has 5 atom stereocenters. The highest BCUT2D eigenvalue weighted by molar-refractivity contribution is 5.69. The predicted octanol–water partition coefficient (Wildman–Crippen LogP) is 4.53. The highest BCUT2D eigenvalue weighted by atomic mass is 16.7. The van der Waals surface area contributed by atoms with Crippen LogP contribution in [0.5, 0.6) is 0 Å². The van der Waals surface area contributed by atoms with Gasteiger partial charge < -0.3 is 24.1 Å². The number of aliphatic hydroxyl groups excluding tert-OH is 1. The van der Waals surface area contributed by atoms with Gasteiger partial charge in [0.1, 0.15) is 6.10 Å². The summed E-state index contributed by atoms with van der Waals surface area (Å²) in [6, 6.07) is 0. The van der Waals surface area contributed by atoms with Gasteiger partial charge in [0.15, 0.2) is 6.29 Å². The van der Waals surface area contributed by atoms with E-state index in [1.165, 1.54) is 6.92 Å². The van der Waals surface area contributed by atoms with Crippen molar-refractivity contribution in [3.05, 3.63) is 0 Å². The zero-order chi connectivity index (χ0) is 23.3. The van der Waals surface area contributed by atoms with Crippen molar-refractivity contribution < 1.29 is 33.6 Å². The number of hydrogen-bond donors (Lipinski definition) is 1. The number of carbonyl (C=O) groups is 2. The summed E-state index contributed by atoms with van der Waals surface area (Å²) >= 11 is 0. The fraction of sp³-hybridized carbons (Fsp3) is 0.920. The fourth-order valence-corrected chi connectivity index (χ4v) is 4.98. The van der Waals surface area contributed by atoms with E-state index in [0.29, 0.717) is 12.8 Å². The molecule has 0 aromatic carbocycles. The predicted molar refractivity (Wildman–Crippen MR) is 121 cm³/mol.